The summed E-state index contributed by atoms with van der Waals surface area (Å²) >= 11 is 0. The summed E-state index contributed by atoms with van der Waals surface area (Å²) in [4.78, 5) is 24.3. The number of fused-ring (bicyclic) bond motifs is 3. The zero-order valence-corrected chi connectivity index (χ0v) is 11.3. The van der Waals surface area contributed by atoms with Crippen LogP contribution in [0.5, 0.6) is 0 Å². The Labute approximate surface area is 121 Å². The highest BCUT2D eigenvalue weighted by molar-refractivity contribution is 5.96. The first-order valence-corrected chi connectivity index (χ1v) is 7.15. The summed E-state index contributed by atoms with van der Waals surface area (Å²) in [6, 6.07) is 9.47. The zero-order chi connectivity index (χ0) is 14.6. The molecular formula is C16H15NO4. The van der Waals surface area contributed by atoms with Gasteiger partial charge in [-0.15, -0.1) is 0 Å². The molecule has 2 saturated heterocycles. The molecule has 2 aromatic rings. The molecule has 0 radical (unpaired) electrons. The van der Waals surface area contributed by atoms with Crippen molar-refractivity contribution < 1.29 is 19.4 Å². The van der Waals surface area contributed by atoms with Crippen LogP contribution in [0.25, 0.3) is 10.9 Å². The zero-order valence-electron chi connectivity index (χ0n) is 11.3. The average Bonchev–Trinajstić information content (AvgIpc) is 3.19. The van der Waals surface area contributed by atoms with Crippen molar-refractivity contribution in [3.05, 3.63) is 36.5 Å². The molecule has 2 aliphatic heterocycles. The average molecular weight is 285 g/mol. The van der Waals surface area contributed by atoms with Gasteiger partial charge in [0.1, 0.15) is 0 Å². The SMILES string of the molecule is O=C(O)[C@@H]1[C@H](C(=O)n2ccc3ccccc32)[C@H]2CC[C@@H]1O2. The van der Waals surface area contributed by atoms with E-state index in [0.29, 0.717) is 0 Å². The molecule has 1 N–H and O–H groups in total. The molecule has 1 aromatic carbocycles. The molecule has 5 nitrogen and oxygen atoms in total. The van der Waals surface area contributed by atoms with Crippen LogP contribution in [0.4, 0.5) is 0 Å². The van der Waals surface area contributed by atoms with Crippen LogP contribution in [0.3, 0.4) is 0 Å². The third-order valence-corrected chi connectivity index (χ3v) is 4.68. The predicted octanol–water partition coefficient (Wildman–Crippen LogP) is 2.16. The summed E-state index contributed by atoms with van der Waals surface area (Å²) in [5.41, 5.74) is 0.814. The molecule has 2 fully saturated rings. The standard InChI is InChI=1S/C16H15NO4/c18-15(17-8-7-9-3-1-2-4-10(9)17)13-11-5-6-12(21-11)14(13)16(19)20/h1-4,7-8,11-14H,5-6H2,(H,19,20)/t11-,12+,13-,14+/m1/s1. The van der Waals surface area contributed by atoms with E-state index in [9.17, 15) is 14.7 Å². The van der Waals surface area contributed by atoms with Gasteiger partial charge in [-0.25, -0.2) is 0 Å². The van der Waals surface area contributed by atoms with Crippen molar-refractivity contribution in [1.29, 1.82) is 0 Å². The molecule has 0 aliphatic carbocycles. The second-order valence-electron chi connectivity index (χ2n) is 5.76. The number of carbonyl (C=O) groups is 2. The molecule has 4 rings (SSSR count). The number of aliphatic carboxylic acids is 1. The molecule has 1 aromatic heterocycles. The molecule has 4 atom stereocenters. The lowest BCUT2D eigenvalue weighted by atomic mass is 9.78. The third-order valence-electron chi connectivity index (χ3n) is 4.68. The van der Waals surface area contributed by atoms with E-state index in [4.69, 9.17) is 4.74 Å². The van der Waals surface area contributed by atoms with Crippen LogP contribution in [-0.2, 0) is 9.53 Å². The maximum Gasteiger partial charge on any atom is 0.310 e. The Hall–Kier alpha value is -2.14. The maximum atomic E-state index is 12.8. The van der Waals surface area contributed by atoms with Crippen molar-refractivity contribution >= 4 is 22.8 Å². The third kappa shape index (κ3) is 1.74. The van der Waals surface area contributed by atoms with Gasteiger partial charge in [0.25, 0.3) is 0 Å². The number of hydrogen-bond donors (Lipinski definition) is 1. The smallest absolute Gasteiger partial charge is 0.310 e. The Morgan fingerprint density at radius 1 is 1.10 bits per heavy atom. The maximum absolute atomic E-state index is 12.8. The largest absolute Gasteiger partial charge is 0.481 e. The Kier molecular flexibility index (Phi) is 2.65. The van der Waals surface area contributed by atoms with E-state index in [-0.39, 0.29) is 18.1 Å². The van der Waals surface area contributed by atoms with Gasteiger partial charge in [-0.1, -0.05) is 18.2 Å². The highest BCUT2D eigenvalue weighted by Gasteiger charge is 2.55. The Balaban J connectivity index is 1.75. The summed E-state index contributed by atoms with van der Waals surface area (Å²) in [5.74, 6) is -2.41. The van der Waals surface area contributed by atoms with Crippen LogP contribution >= 0.6 is 0 Å². The Bertz CT molecular complexity index is 735. The summed E-state index contributed by atoms with van der Waals surface area (Å²) in [5, 5.41) is 10.4. The second kappa shape index (κ2) is 4.43. The lowest BCUT2D eigenvalue weighted by Crippen LogP contribution is -2.40. The van der Waals surface area contributed by atoms with Crippen molar-refractivity contribution in [1.82, 2.24) is 4.57 Å². The molecule has 2 aliphatic rings. The van der Waals surface area contributed by atoms with E-state index >= 15 is 0 Å². The van der Waals surface area contributed by atoms with E-state index in [1.165, 1.54) is 0 Å². The van der Waals surface area contributed by atoms with Crippen LogP contribution in [0, 0.1) is 11.8 Å². The van der Waals surface area contributed by atoms with Crippen LogP contribution in [0.2, 0.25) is 0 Å². The van der Waals surface area contributed by atoms with E-state index in [1.807, 2.05) is 30.3 Å². The van der Waals surface area contributed by atoms with Gasteiger partial charge < -0.3 is 9.84 Å². The van der Waals surface area contributed by atoms with Crippen LogP contribution in [0.1, 0.15) is 17.6 Å². The first-order chi connectivity index (χ1) is 10.2. The van der Waals surface area contributed by atoms with Gasteiger partial charge >= 0.3 is 5.97 Å². The fourth-order valence-electron chi connectivity index (χ4n) is 3.74. The number of hydrogen-bond acceptors (Lipinski definition) is 3. The Morgan fingerprint density at radius 2 is 1.81 bits per heavy atom. The van der Waals surface area contributed by atoms with Gasteiger partial charge in [0.05, 0.1) is 29.6 Å². The lowest BCUT2D eigenvalue weighted by Gasteiger charge is -2.24. The van der Waals surface area contributed by atoms with Gasteiger partial charge in [0.15, 0.2) is 0 Å². The number of para-hydroxylation sites is 1. The summed E-state index contributed by atoms with van der Waals surface area (Å²) in [6.07, 6.45) is 2.65. The van der Waals surface area contributed by atoms with Gasteiger partial charge in [0, 0.05) is 11.6 Å². The first-order valence-electron chi connectivity index (χ1n) is 7.15. The highest BCUT2D eigenvalue weighted by Crippen LogP contribution is 2.44. The fourth-order valence-corrected chi connectivity index (χ4v) is 3.74. The topological polar surface area (TPSA) is 68.5 Å². The molecule has 0 spiro atoms. The molecule has 21 heavy (non-hydrogen) atoms. The molecule has 5 heteroatoms. The normalized spacial score (nSPS) is 30.9. The molecule has 0 saturated carbocycles. The number of ether oxygens (including phenoxy) is 1. The Morgan fingerprint density at radius 3 is 2.57 bits per heavy atom. The molecule has 0 amide bonds. The minimum absolute atomic E-state index is 0.171. The fraction of sp³-hybridized carbons (Fsp3) is 0.375. The second-order valence-corrected chi connectivity index (χ2v) is 5.76. The van der Waals surface area contributed by atoms with Crippen molar-refractivity contribution in [2.45, 2.75) is 25.0 Å². The number of carboxylic acid groups (broad SMARTS) is 1. The van der Waals surface area contributed by atoms with Crippen molar-refractivity contribution in [2.24, 2.45) is 11.8 Å². The monoisotopic (exact) mass is 285 g/mol. The van der Waals surface area contributed by atoms with Gasteiger partial charge in [0.2, 0.25) is 5.91 Å². The molecule has 2 bridgehead atoms. The first kappa shape index (κ1) is 12.6. The summed E-state index contributed by atoms with van der Waals surface area (Å²) in [6.45, 7) is 0. The van der Waals surface area contributed by atoms with E-state index in [0.717, 1.165) is 23.7 Å². The summed E-state index contributed by atoms with van der Waals surface area (Å²) < 4.78 is 7.24. The van der Waals surface area contributed by atoms with Gasteiger partial charge in [-0.2, -0.15) is 0 Å². The molecule has 3 heterocycles. The van der Waals surface area contributed by atoms with E-state index in [2.05, 4.69) is 0 Å². The number of aromatic nitrogens is 1. The van der Waals surface area contributed by atoms with Gasteiger partial charge in [-0.05, 0) is 25.0 Å². The van der Waals surface area contributed by atoms with Crippen LogP contribution in [0.15, 0.2) is 36.5 Å². The molecule has 0 unspecified atom stereocenters. The number of nitrogens with zero attached hydrogens (tertiary/aromatic N) is 1. The van der Waals surface area contributed by atoms with Gasteiger partial charge in [-0.3, -0.25) is 14.2 Å². The van der Waals surface area contributed by atoms with Crippen molar-refractivity contribution in [3.63, 3.8) is 0 Å². The minimum atomic E-state index is -0.933. The number of benzene rings is 1. The summed E-state index contributed by atoms with van der Waals surface area (Å²) in [7, 11) is 0. The lowest BCUT2D eigenvalue weighted by molar-refractivity contribution is -0.144. The van der Waals surface area contributed by atoms with Crippen molar-refractivity contribution in [2.75, 3.05) is 0 Å². The number of carboxylic acids is 1. The molecular weight excluding hydrogens is 270 g/mol. The van der Waals surface area contributed by atoms with Crippen LogP contribution in [-0.4, -0.2) is 33.8 Å². The van der Waals surface area contributed by atoms with Crippen molar-refractivity contribution in [3.8, 4) is 0 Å². The highest BCUT2D eigenvalue weighted by atomic mass is 16.5. The number of carbonyl (C=O) groups excluding carboxylic acids is 1. The minimum Gasteiger partial charge on any atom is -0.481 e. The van der Waals surface area contributed by atoms with E-state index < -0.39 is 17.8 Å². The molecule has 108 valence electrons. The quantitative estimate of drug-likeness (QED) is 0.918. The predicted molar refractivity (Wildman–Crippen MR) is 75.1 cm³/mol. The number of rotatable bonds is 2. The van der Waals surface area contributed by atoms with Crippen LogP contribution < -0.4 is 0 Å². The van der Waals surface area contributed by atoms with E-state index in [1.54, 1.807) is 10.8 Å².